The average Bonchev–Trinajstić information content (AvgIpc) is 2.74. The summed E-state index contributed by atoms with van der Waals surface area (Å²) in [5.41, 5.74) is 4.51. The maximum atomic E-state index is 12.9. The van der Waals surface area contributed by atoms with Crippen LogP contribution in [0.5, 0.6) is 0 Å². The predicted molar refractivity (Wildman–Crippen MR) is 120 cm³/mol. The molecule has 4 rings (SSSR count). The molecule has 6 nitrogen and oxygen atoms in total. The van der Waals surface area contributed by atoms with Crippen molar-refractivity contribution in [2.75, 3.05) is 45.8 Å². The molecule has 0 aromatic carbocycles. The molecule has 3 aliphatic rings. The monoisotopic (exact) mass is 407 g/mol. The maximum absolute atomic E-state index is 12.9. The van der Waals surface area contributed by atoms with Crippen molar-refractivity contribution in [3.63, 3.8) is 0 Å². The fraction of sp³-hybridized carbons (Fsp3) is 0.542. The Bertz CT molecular complexity index is 819. The van der Waals surface area contributed by atoms with Crippen LogP contribution in [0.2, 0.25) is 0 Å². The molecule has 0 N–H and O–H groups in total. The Labute approximate surface area is 180 Å². The number of likely N-dealkylation sites (tertiary alicyclic amines) is 1. The second-order valence-electron chi connectivity index (χ2n) is 8.73. The number of piperidine rings is 1. The van der Waals surface area contributed by atoms with E-state index in [1.807, 2.05) is 12.4 Å². The summed E-state index contributed by atoms with van der Waals surface area (Å²) in [4.78, 5) is 27.9. The second kappa shape index (κ2) is 9.67. The molecule has 0 radical (unpaired) electrons. The zero-order valence-corrected chi connectivity index (χ0v) is 18.1. The highest BCUT2D eigenvalue weighted by Gasteiger charge is 2.30. The molecule has 1 aliphatic carbocycles. The fourth-order valence-corrected chi connectivity index (χ4v) is 4.40. The van der Waals surface area contributed by atoms with Crippen molar-refractivity contribution in [2.24, 2.45) is 0 Å². The van der Waals surface area contributed by atoms with Gasteiger partial charge in [0.05, 0.1) is 6.54 Å². The van der Waals surface area contributed by atoms with Crippen LogP contribution < -0.4 is 0 Å². The smallest absolute Gasteiger partial charge is 0.236 e. The molecule has 30 heavy (non-hydrogen) atoms. The first-order chi connectivity index (χ1) is 14.6. The Balaban J connectivity index is 1.31. The van der Waals surface area contributed by atoms with Gasteiger partial charge in [0.1, 0.15) is 6.33 Å². The van der Waals surface area contributed by atoms with Crippen LogP contribution in [0.3, 0.4) is 0 Å². The van der Waals surface area contributed by atoms with Crippen molar-refractivity contribution in [1.29, 1.82) is 0 Å². The number of carbonyl (C=O) groups excluding carboxylic acids is 1. The molecule has 0 unspecified atom stereocenters. The van der Waals surface area contributed by atoms with Gasteiger partial charge in [0, 0.05) is 63.3 Å². The van der Waals surface area contributed by atoms with Gasteiger partial charge in [0.15, 0.2) is 0 Å². The van der Waals surface area contributed by atoms with Gasteiger partial charge in [-0.3, -0.25) is 14.6 Å². The van der Waals surface area contributed by atoms with Crippen LogP contribution in [0.1, 0.15) is 38.2 Å². The predicted octanol–water partition coefficient (Wildman–Crippen LogP) is 2.76. The minimum absolute atomic E-state index is 0.267. The Hall–Kier alpha value is -2.31. The number of aromatic nitrogens is 2. The molecule has 2 aliphatic heterocycles. The van der Waals surface area contributed by atoms with E-state index in [0.29, 0.717) is 6.54 Å². The standard InChI is InChI=1S/C24H33N5O/c1-19(22-14-25-18-26-15-22)6-7-21-16-27(9-8-20(21)2)17-24(30)29-12-10-28(11-13-29)23-4-3-5-23/h6-7,14-15,18,23H,2-5,8-13,16-17H2,1H3/b19-6+,21-7-. The Morgan fingerprint density at radius 3 is 2.57 bits per heavy atom. The van der Waals surface area contributed by atoms with Crippen LogP contribution in [0.4, 0.5) is 0 Å². The number of piperazine rings is 1. The summed E-state index contributed by atoms with van der Waals surface area (Å²) < 4.78 is 0. The van der Waals surface area contributed by atoms with Crippen molar-refractivity contribution < 1.29 is 4.79 Å². The summed E-state index contributed by atoms with van der Waals surface area (Å²) in [6.07, 6.45) is 14.4. The molecule has 1 aromatic heterocycles. The SMILES string of the molecule is C=C1CCN(CC(=O)N2CCN(C3CCC3)CC2)C/C1=C/C=C(\C)c1cncnc1. The van der Waals surface area contributed by atoms with E-state index in [4.69, 9.17) is 0 Å². The van der Waals surface area contributed by atoms with E-state index in [2.05, 4.69) is 50.3 Å². The van der Waals surface area contributed by atoms with Gasteiger partial charge in [-0.25, -0.2) is 9.97 Å². The number of nitrogens with zero attached hydrogens (tertiary/aromatic N) is 5. The molecule has 160 valence electrons. The maximum Gasteiger partial charge on any atom is 0.236 e. The molecule has 2 saturated heterocycles. The lowest BCUT2D eigenvalue weighted by Gasteiger charge is -2.43. The number of hydrogen-bond acceptors (Lipinski definition) is 5. The summed E-state index contributed by atoms with van der Waals surface area (Å²) in [5.74, 6) is 0.267. The Morgan fingerprint density at radius 2 is 1.90 bits per heavy atom. The molecule has 0 spiro atoms. The molecule has 0 atom stereocenters. The normalized spacial score (nSPS) is 23.6. The summed E-state index contributed by atoms with van der Waals surface area (Å²) in [7, 11) is 0. The van der Waals surface area contributed by atoms with Gasteiger partial charge < -0.3 is 4.90 Å². The van der Waals surface area contributed by atoms with Gasteiger partial charge in [-0.1, -0.05) is 25.2 Å². The summed E-state index contributed by atoms with van der Waals surface area (Å²) in [6.45, 7) is 12.3. The Morgan fingerprint density at radius 1 is 1.17 bits per heavy atom. The third-order valence-electron chi connectivity index (χ3n) is 6.75. The molecule has 3 heterocycles. The van der Waals surface area contributed by atoms with Crippen molar-refractivity contribution in [3.05, 3.63) is 54.2 Å². The molecule has 1 aromatic rings. The van der Waals surface area contributed by atoms with Crippen LogP contribution in [-0.2, 0) is 4.79 Å². The van der Waals surface area contributed by atoms with Crippen LogP contribution >= 0.6 is 0 Å². The van der Waals surface area contributed by atoms with Crippen LogP contribution in [0.25, 0.3) is 5.57 Å². The molecular weight excluding hydrogens is 374 g/mol. The Kier molecular flexibility index (Phi) is 6.75. The fourth-order valence-electron chi connectivity index (χ4n) is 4.40. The van der Waals surface area contributed by atoms with Gasteiger partial charge >= 0.3 is 0 Å². The van der Waals surface area contributed by atoms with Gasteiger partial charge in [0.25, 0.3) is 0 Å². The molecule has 0 bridgehead atoms. The van der Waals surface area contributed by atoms with E-state index in [1.165, 1.54) is 30.4 Å². The minimum atomic E-state index is 0.267. The molecule has 3 fully saturated rings. The van der Waals surface area contributed by atoms with Crippen molar-refractivity contribution in [2.45, 2.75) is 38.6 Å². The highest BCUT2D eigenvalue weighted by atomic mass is 16.2. The van der Waals surface area contributed by atoms with E-state index in [-0.39, 0.29) is 5.91 Å². The number of rotatable bonds is 5. The van der Waals surface area contributed by atoms with E-state index in [1.54, 1.807) is 6.33 Å². The highest BCUT2D eigenvalue weighted by Crippen LogP contribution is 2.26. The third-order valence-corrected chi connectivity index (χ3v) is 6.75. The first-order valence-corrected chi connectivity index (χ1v) is 11.2. The quantitative estimate of drug-likeness (QED) is 0.751. The lowest BCUT2D eigenvalue weighted by atomic mass is 9.91. The third kappa shape index (κ3) is 5.05. The van der Waals surface area contributed by atoms with Gasteiger partial charge in [-0.2, -0.15) is 0 Å². The van der Waals surface area contributed by atoms with E-state index < -0.39 is 0 Å². The molecule has 6 heteroatoms. The lowest BCUT2D eigenvalue weighted by molar-refractivity contribution is -0.134. The zero-order chi connectivity index (χ0) is 20.9. The summed E-state index contributed by atoms with van der Waals surface area (Å²) >= 11 is 0. The summed E-state index contributed by atoms with van der Waals surface area (Å²) in [5, 5.41) is 0. The number of allylic oxidation sites excluding steroid dienone is 3. The van der Waals surface area contributed by atoms with Crippen molar-refractivity contribution >= 4 is 11.5 Å². The van der Waals surface area contributed by atoms with E-state index in [0.717, 1.165) is 62.9 Å². The average molecular weight is 408 g/mol. The van der Waals surface area contributed by atoms with Gasteiger partial charge in [-0.05, 0) is 42.9 Å². The topological polar surface area (TPSA) is 52.6 Å². The highest BCUT2D eigenvalue weighted by molar-refractivity contribution is 5.78. The molecule has 1 amide bonds. The van der Waals surface area contributed by atoms with Gasteiger partial charge in [0.2, 0.25) is 5.91 Å². The number of carbonyl (C=O) groups is 1. The zero-order valence-electron chi connectivity index (χ0n) is 18.1. The molecule has 1 saturated carbocycles. The van der Waals surface area contributed by atoms with E-state index >= 15 is 0 Å². The second-order valence-corrected chi connectivity index (χ2v) is 8.73. The van der Waals surface area contributed by atoms with Crippen molar-refractivity contribution in [1.82, 2.24) is 24.7 Å². The van der Waals surface area contributed by atoms with Crippen LogP contribution in [0, 0.1) is 0 Å². The lowest BCUT2D eigenvalue weighted by Crippen LogP contribution is -2.55. The van der Waals surface area contributed by atoms with Crippen LogP contribution in [-0.4, -0.2) is 82.4 Å². The minimum Gasteiger partial charge on any atom is -0.339 e. The van der Waals surface area contributed by atoms with Gasteiger partial charge in [-0.15, -0.1) is 0 Å². The van der Waals surface area contributed by atoms with Crippen molar-refractivity contribution in [3.8, 4) is 0 Å². The van der Waals surface area contributed by atoms with E-state index in [9.17, 15) is 4.79 Å². The first-order valence-electron chi connectivity index (χ1n) is 11.2. The molecular formula is C24H33N5O. The number of hydrogen-bond donors (Lipinski definition) is 0. The first kappa shape index (κ1) is 20.9. The largest absolute Gasteiger partial charge is 0.339 e. The van der Waals surface area contributed by atoms with Crippen LogP contribution in [0.15, 0.2) is 48.6 Å². The summed E-state index contributed by atoms with van der Waals surface area (Å²) in [6, 6.07) is 0.780. The number of amides is 1.